The lowest BCUT2D eigenvalue weighted by Gasteiger charge is -2.19. The maximum Gasteiger partial charge on any atom is 0.272 e. The van der Waals surface area contributed by atoms with Crippen molar-refractivity contribution >= 4 is 5.91 Å². The number of carbonyl (C=O) groups is 1. The minimum absolute atomic E-state index is 0.174. The van der Waals surface area contributed by atoms with Crippen LogP contribution in [0.15, 0.2) is 30.3 Å². The SMILES string of the molecule is COCC(NC(=O)c1n[nH]c2c1CNCC2)c1ccccc1. The van der Waals surface area contributed by atoms with Crippen LogP contribution in [-0.4, -0.2) is 36.4 Å². The van der Waals surface area contributed by atoms with E-state index in [1.54, 1.807) is 7.11 Å². The van der Waals surface area contributed by atoms with E-state index in [0.29, 0.717) is 18.8 Å². The number of methoxy groups -OCH3 is 1. The summed E-state index contributed by atoms with van der Waals surface area (Å²) in [6.07, 6.45) is 0.871. The minimum atomic E-state index is -0.192. The van der Waals surface area contributed by atoms with E-state index in [-0.39, 0.29) is 11.9 Å². The fraction of sp³-hybridized carbons (Fsp3) is 0.375. The van der Waals surface area contributed by atoms with Crippen LogP contribution in [0.3, 0.4) is 0 Å². The van der Waals surface area contributed by atoms with Crippen molar-refractivity contribution in [3.05, 3.63) is 52.8 Å². The quantitative estimate of drug-likeness (QED) is 0.774. The molecule has 0 fully saturated rings. The zero-order valence-corrected chi connectivity index (χ0v) is 12.6. The summed E-state index contributed by atoms with van der Waals surface area (Å²) >= 11 is 0. The van der Waals surface area contributed by atoms with Gasteiger partial charge in [-0.15, -0.1) is 0 Å². The first-order valence-corrected chi connectivity index (χ1v) is 7.41. The summed E-state index contributed by atoms with van der Waals surface area (Å²) in [4.78, 5) is 12.6. The third-order valence-corrected chi connectivity index (χ3v) is 3.86. The number of nitrogens with one attached hydrogen (secondary N) is 3. The maximum absolute atomic E-state index is 12.6. The Balaban J connectivity index is 1.78. The summed E-state index contributed by atoms with van der Waals surface area (Å²) in [5.74, 6) is -0.174. The average molecular weight is 300 g/mol. The van der Waals surface area contributed by atoms with Gasteiger partial charge in [-0.3, -0.25) is 9.89 Å². The van der Waals surface area contributed by atoms with Crippen LogP contribution in [0.4, 0.5) is 0 Å². The molecule has 3 N–H and O–H groups in total. The molecule has 3 rings (SSSR count). The summed E-state index contributed by atoms with van der Waals surface area (Å²) < 4.78 is 5.23. The second kappa shape index (κ2) is 6.72. The molecule has 0 saturated heterocycles. The molecule has 1 unspecified atom stereocenters. The Hall–Kier alpha value is -2.18. The van der Waals surface area contributed by atoms with E-state index < -0.39 is 0 Å². The molecule has 0 radical (unpaired) electrons. The first kappa shape index (κ1) is 14.7. The van der Waals surface area contributed by atoms with Gasteiger partial charge < -0.3 is 15.4 Å². The summed E-state index contributed by atoms with van der Waals surface area (Å²) in [7, 11) is 1.63. The lowest BCUT2D eigenvalue weighted by molar-refractivity contribution is 0.0890. The zero-order chi connectivity index (χ0) is 15.4. The number of benzene rings is 1. The summed E-state index contributed by atoms with van der Waals surface area (Å²) in [5, 5.41) is 13.4. The van der Waals surface area contributed by atoms with Crippen molar-refractivity contribution in [1.29, 1.82) is 0 Å². The molecule has 116 valence electrons. The highest BCUT2D eigenvalue weighted by molar-refractivity contribution is 5.94. The molecule has 1 atom stereocenters. The van der Waals surface area contributed by atoms with Crippen molar-refractivity contribution < 1.29 is 9.53 Å². The second-order valence-corrected chi connectivity index (χ2v) is 5.35. The van der Waals surface area contributed by atoms with Gasteiger partial charge in [0, 0.05) is 37.9 Å². The predicted octanol–water partition coefficient (Wildman–Crippen LogP) is 1.17. The number of hydrogen-bond acceptors (Lipinski definition) is 4. The number of nitrogens with zero attached hydrogens (tertiary/aromatic N) is 1. The monoisotopic (exact) mass is 300 g/mol. The topological polar surface area (TPSA) is 79.0 Å². The van der Waals surface area contributed by atoms with Gasteiger partial charge in [0.05, 0.1) is 12.6 Å². The third kappa shape index (κ3) is 3.03. The number of amides is 1. The van der Waals surface area contributed by atoms with Gasteiger partial charge >= 0.3 is 0 Å². The van der Waals surface area contributed by atoms with E-state index >= 15 is 0 Å². The number of aromatic amines is 1. The van der Waals surface area contributed by atoms with Crippen molar-refractivity contribution in [2.75, 3.05) is 20.3 Å². The van der Waals surface area contributed by atoms with Gasteiger partial charge in [0.2, 0.25) is 0 Å². The zero-order valence-electron chi connectivity index (χ0n) is 12.6. The molecule has 1 aromatic heterocycles. The second-order valence-electron chi connectivity index (χ2n) is 5.35. The van der Waals surface area contributed by atoms with Crippen LogP contribution in [0, 0.1) is 0 Å². The minimum Gasteiger partial charge on any atom is -0.382 e. The van der Waals surface area contributed by atoms with Crippen molar-refractivity contribution in [2.24, 2.45) is 0 Å². The molecule has 1 aliphatic heterocycles. The number of aromatic nitrogens is 2. The smallest absolute Gasteiger partial charge is 0.272 e. The molecule has 0 saturated carbocycles. The van der Waals surface area contributed by atoms with Gasteiger partial charge in [-0.1, -0.05) is 30.3 Å². The van der Waals surface area contributed by atoms with Crippen LogP contribution in [0.1, 0.15) is 33.4 Å². The van der Waals surface area contributed by atoms with E-state index in [0.717, 1.165) is 29.8 Å². The lowest BCUT2D eigenvalue weighted by Crippen LogP contribution is -2.33. The third-order valence-electron chi connectivity index (χ3n) is 3.86. The molecule has 1 aromatic carbocycles. The van der Waals surface area contributed by atoms with Crippen LogP contribution >= 0.6 is 0 Å². The van der Waals surface area contributed by atoms with Gasteiger partial charge in [0.15, 0.2) is 5.69 Å². The van der Waals surface area contributed by atoms with E-state index in [9.17, 15) is 4.79 Å². The normalized spacial score (nSPS) is 15.1. The highest BCUT2D eigenvalue weighted by atomic mass is 16.5. The van der Waals surface area contributed by atoms with E-state index in [1.165, 1.54) is 0 Å². The largest absolute Gasteiger partial charge is 0.382 e. The fourth-order valence-corrected chi connectivity index (χ4v) is 2.71. The molecular weight excluding hydrogens is 280 g/mol. The Bertz CT molecular complexity index is 639. The molecule has 2 heterocycles. The molecular formula is C16H20N4O2. The van der Waals surface area contributed by atoms with Crippen LogP contribution in [0.5, 0.6) is 0 Å². The van der Waals surface area contributed by atoms with Gasteiger partial charge in [-0.05, 0) is 5.56 Å². The molecule has 6 heteroatoms. The number of carbonyl (C=O) groups excluding carboxylic acids is 1. The Morgan fingerprint density at radius 1 is 1.41 bits per heavy atom. The van der Waals surface area contributed by atoms with Crippen LogP contribution in [-0.2, 0) is 17.7 Å². The van der Waals surface area contributed by atoms with Gasteiger partial charge in [0.1, 0.15) is 0 Å². The van der Waals surface area contributed by atoms with E-state index in [1.807, 2.05) is 30.3 Å². The van der Waals surface area contributed by atoms with E-state index in [2.05, 4.69) is 20.8 Å². The summed E-state index contributed by atoms with van der Waals surface area (Å²) in [5.41, 5.74) is 3.50. The van der Waals surface area contributed by atoms with Crippen molar-refractivity contribution in [1.82, 2.24) is 20.8 Å². The summed E-state index contributed by atoms with van der Waals surface area (Å²) in [6.45, 7) is 2.00. The predicted molar refractivity (Wildman–Crippen MR) is 82.5 cm³/mol. The molecule has 1 aliphatic rings. The number of rotatable bonds is 5. The van der Waals surface area contributed by atoms with E-state index in [4.69, 9.17) is 4.74 Å². The van der Waals surface area contributed by atoms with Crippen molar-refractivity contribution in [2.45, 2.75) is 19.0 Å². The Morgan fingerprint density at radius 3 is 3.00 bits per heavy atom. The average Bonchev–Trinajstić information content (AvgIpc) is 2.99. The number of ether oxygens (including phenoxy) is 1. The first-order valence-electron chi connectivity index (χ1n) is 7.41. The van der Waals surface area contributed by atoms with Crippen molar-refractivity contribution in [3.63, 3.8) is 0 Å². The van der Waals surface area contributed by atoms with Crippen LogP contribution < -0.4 is 10.6 Å². The molecule has 0 bridgehead atoms. The Morgan fingerprint density at radius 2 is 2.23 bits per heavy atom. The number of hydrogen-bond donors (Lipinski definition) is 3. The van der Waals surface area contributed by atoms with Gasteiger partial charge in [0.25, 0.3) is 5.91 Å². The maximum atomic E-state index is 12.6. The molecule has 6 nitrogen and oxygen atoms in total. The van der Waals surface area contributed by atoms with Gasteiger partial charge in [-0.2, -0.15) is 5.10 Å². The Labute approximate surface area is 129 Å². The molecule has 1 amide bonds. The highest BCUT2D eigenvalue weighted by Gasteiger charge is 2.23. The fourth-order valence-electron chi connectivity index (χ4n) is 2.71. The number of H-pyrrole nitrogens is 1. The first-order chi connectivity index (χ1) is 10.8. The van der Waals surface area contributed by atoms with Crippen molar-refractivity contribution in [3.8, 4) is 0 Å². The van der Waals surface area contributed by atoms with Crippen LogP contribution in [0.2, 0.25) is 0 Å². The highest BCUT2D eigenvalue weighted by Crippen LogP contribution is 2.18. The molecule has 2 aromatic rings. The Kier molecular flexibility index (Phi) is 4.50. The summed E-state index contributed by atoms with van der Waals surface area (Å²) in [6, 6.07) is 9.61. The van der Waals surface area contributed by atoms with Gasteiger partial charge in [-0.25, -0.2) is 0 Å². The molecule has 22 heavy (non-hydrogen) atoms. The standard InChI is InChI=1S/C16H20N4O2/c1-22-10-14(11-5-3-2-4-6-11)18-16(21)15-12-9-17-8-7-13(12)19-20-15/h2-6,14,17H,7-10H2,1H3,(H,18,21)(H,19,20). The van der Waals surface area contributed by atoms with Crippen LogP contribution in [0.25, 0.3) is 0 Å². The molecule has 0 spiro atoms. The number of fused-ring (bicyclic) bond motifs is 1. The molecule has 0 aliphatic carbocycles. The lowest BCUT2D eigenvalue weighted by atomic mass is 10.1.